The van der Waals surface area contributed by atoms with Crippen LogP contribution in [0.3, 0.4) is 0 Å². The van der Waals surface area contributed by atoms with Crippen molar-refractivity contribution in [1.82, 2.24) is 0 Å². The SMILES string of the molecule is C=CCOC(=O)CC(CCCCCCCCCCCCCC/C=C/CCCCCCCCCCC)C(=O)O. The van der Waals surface area contributed by atoms with E-state index in [0.29, 0.717) is 6.42 Å². The number of carbonyl (C=O) groups excluding carboxylic acids is 1. The molecule has 0 amide bonds. The van der Waals surface area contributed by atoms with Crippen LogP contribution in [-0.4, -0.2) is 23.7 Å². The van der Waals surface area contributed by atoms with Gasteiger partial charge in [-0.3, -0.25) is 9.59 Å². The van der Waals surface area contributed by atoms with Gasteiger partial charge in [-0.05, 0) is 32.1 Å². The molecule has 0 aromatic rings. The maximum absolute atomic E-state index is 11.6. The molecule has 0 rings (SSSR count). The van der Waals surface area contributed by atoms with E-state index in [1.54, 1.807) is 0 Å². The lowest BCUT2D eigenvalue weighted by atomic mass is 9.97. The number of ether oxygens (including phenoxy) is 1. The van der Waals surface area contributed by atoms with Gasteiger partial charge in [-0.1, -0.05) is 154 Å². The summed E-state index contributed by atoms with van der Waals surface area (Å²) in [4.78, 5) is 23.0. The van der Waals surface area contributed by atoms with E-state index in [0.717, 1.165) is 19.3 Å². The van der Waals surface area contributed by atoms with Crippen molar-refractivity contribution in [1.29, 1.82) is 0 Å². The highest BCUT2D eigenvalue weighted by molar-refractivity contribution is 5.78. The molecule has 0 aliphatic heterocycles. The molecule has 0 heterocycles. The van der Waals surface area contributed by atoms with Gasteiger partial charge in [0.1, 0.15) is 6.61 Å². The predicted octanol–water partition coefficient (Wildman–Crippen LogP) is 10.7. The van der Waals surface area contributed by atoms with E-state index >= 15 is 0 Å². The Kier molecular flexibility index (Phi) is 28.7. The van der Waals surface area contributed by atoms with Gasteiger partial charge in [-0.25, -0.2) is 0 Å². The highest BCUT2D eigenvalue weighted by Gasteiger charge is 2.21. The standard InChI is InChI=1S/C34H62O4/c1-3-5-6-7-8-9-10-11-12-13-14-15-16-17-18-19-20-21-22-23-24-25-26-27-28-29-32(34(36)37)31-33(35)38-30-4-2/h4,14-15,32H,2-3,5-13,16-31H2,1H3,(H,36,37)/b15-14+. The van der Waals surface area contributed by atoms with E-state index in [4.69, 9.17) is 4.74 Å². The Morgan fingerprint density at radius 2 is 1.05 bits per heavy atom. The number of unbranched alkanes of at least 4 members (excludes halogenated alkanes) is 21. The zero-order valence-corrected chi connectivity index (χ0v) is 25.1. The molecule has 0 saturated carbocycles. The fourth-order valence-corrected chi connectivity index (χ4v) is 4.95. The van der Waals surface area contributed by atoms with E-state index < -0.39 is 17.9 Å². The van der Waals surface area contributed by atoms with Crippen LogP contribution in [0.4, 0.5) is 0 Å². The van der Waals surface area contributed by atoms with Crippen LogP contribution in [0.25, 0.3) is 0 Å². The minimum absolute atomic E-state index is 0.0424. The van der Waals surface area contributed by atoms with E-state index in [1.807, 2.05) is 0 Å². The molecule has 0 fully saturated rings. The van der Waals surface area contributed by atoms with Gasteiger partial charge >= 0.3 is 11.9 Å². The molecular weight excluding hydrogens is 472 g/mol. The molecule has 222 valence electrons. The van der Waals surface area contributed by atoms with E-state index in [2.05, 4.69) is 25.7 Å². The lowest BCUT2D eigenvalue weighted by Gasteiger charge is -2.11. The quantitative estimate of drug-likeness (QED) is 0.0565. The molecule has 0 aliphatic rings. The van der Waals surface area contributed by atoms with Crippen LogP contribution in [-0.2, 0) is 14.3 Å². The highest BCUT2D eigenvalue weighted by atomic mass is 16.5. The van der Waals surface area contributed by atoms with Gasteiger partial charge < -0.3 is 9.84 Å². The molecule has 0 radical (unpaired) electrons. The molecule has 0 aliphatic carbocycles. The first-order valence-corrected chi connectivity index (χ1v) is 16.3. The second-order valence-electron chi connectivity index (χ2n) is 11.1. The average molecular weight is 535 g/mol. The summed E-state index contributed by atoms with van der Waals surface area (Å²) in [6, 6.07) is 0. The summed E-state index contributed by atoms with van der Waals surface area (Å²) in [5.41, 5.74) is 0. The molecule has 1 atom stereocenters. The summed E-state index contributed by atoms with van der Waals surface area (Å²) in [5, 5.41) is 9.30. The van der Waals surface area contributed by atoms with Crippen molar-refractivity contribution in [3.05, 3.63) is 24.8 Å². The molecule has 1 unspecified atom stereocenters. The summed E-state index contributed by atoms with van der Waals surface area (Å²) in [5.74, 6) is -1.98. The molecular formula is C34H62O4. The molecule has 0 spiro atoms. The number of aliphatic carboxylic acids is 1. The molecule has 0 bridgehead atoms. The molecule has 0 aromatic heterocycles. The van der Waals surface area contributed by atoms with Crippen molar-refractivity contribution in [3.63, 3.8) is 0 Å². The Hall–Kier alpha value is -1.58. The number of carboxylic acid groups (broad SMARTS) is 1. The molecule has 38 heavy (non-hydrogen) atoms. The van der Waals surface area contributed by atoms with Crippen LogP contribution in [0, 0.1) is 5.92 Å². The third kappa shape index (κ3) is 27.5. The topological polar surface area (TPSA) is 63.6 Å². The van der Waals surface area contributed by atoms with E-state index in [-0.39, 0.29) is 13.0 Å². The maximum Gasteiger partial charge on any atom is 0.307 e. The van der Waals surface area contributed by atoms with E-state index in [9.17, 15) is 14.7 Å². The summed E-state index contributed by atoms with van der Waals surface area (Å²) in [7, 11) is 0. The molecule has 4 heteroatoms. The van der Waals surface area contributed by atoms with Gasteiger partial charge in [0.2, 0.25) is 0 Å². The summed E-state index contributed by atoms with van der Waals surface area (Å²) in [6.45, 7) is 5.92. The highest BCUT2D eigenvalue weighted by Crippen LogP contribution is 2.18. The van der Waals surface area contributed by atoms with Crippen molar-refractivity contribution in [2.24, 2.45) is 5.92 Å². The second-order valence-corrected chi connectivity index (χ2v) is 11.1. The van der Waals surface area contributed by atoms with Gasteiger partial charge in [-0.2, -0.15) is 0 Å². The largest absolute Gasteiger partial charge is 0.481 e. The monoisotopic (exact) mass is 534 g/mol. The first kappa shape index (κ1) is 36.4. The van der Waals surface area contributed by atoms with Crippen molar-refractivity contribution < 1.29 is 19.4 Å². The van der Waals surface area contributed by atoms with Crippen molar-refractivity contribution in [3.8, 4) is 0 Å². The van der Waals surface area contributed by atoms with Crippen molar-refractivity contribution in [2.75, 3.05) is 6.61 Å². The number of esters is 1. The van der Waals surface area contributed by atoms with Gasteiger partial charge in [0.15, 0.2) is 0 Å². The predicted molar refractivity (Wildman–Crippen MR) is 163 cm³/mol. The lowest BCUT2D eigenvalue weighted by molar-refractivity contribution is -0.151. The van der Waals surface area contributed by atoms with Crippen LogP contribution < -0.4 is 0 Å². The van der Waals surface area contributed by atoms with Gasteiger partial charge in [0.25, 0.3) is 0 Å². The summed E-state index contributed by atoms with van der Waals surface area (Å²) < 4.78 is 4.91. The molecule has 0 saturated heterocycles. The minimum Gasteiger partial charge on any atom is -0.481 e. The average Bonchev–Trinajstić information content (AvgIpc) is 2.91. The van der Waals surface area contributed by atoms with E-state index in [1.165, 1.54) is 134 Å². The van der Waals surface area contributed by atoms with Crippen LogP contribution in [0.15, 0.2) is 24.8 Å². The number of hydrogen-bond donors (Lipinski definition) is 1. The Balaban J connectivity index is 3.34. The van der Waals surface area contributed by atoms with Gasteiger partial charge in [-0.15, -0.1) is 0 Å². The molecule has 4 nitrogen and oxygen atoms in total. The summed E-state index contributed by atoms with van der Waals surface area (Å²) >= 11 is 0. The number of hydrogen-bond acceptors (Lipinski definition) is 3. The Bertz CT molecular complexity index is 569. The second kappa shape index (κ2) is 30.0. The smallest absolute Gasteiger partial charge is 0.307 e. The van der Waals surface area contributed by atoms with Gasteiger partial charge in [0, 0.05) is 0 Å². The number of carboxylic acids is 1. The fourth-order valence-electron chi connectivity index (χ4n) is 4.95. The van der Waals surface area contributed by atoms with Crippen molar-refractivity contribution >= 4 is 11.9 Å². The Labute approximate surface area is 236 Å². The van der Waals surface area contributed by atoms with Crippen molar-refractivity contribution in [2.45, 2.75) is 167 Å². The third-order valence-corrected chi connectivity index (χ3v) is 7.44. The minimum atomic E-state index is -0.902. The zero-order valence-electron chi connectivity index (χ0n) is 25.1. The first-order chi connectivity index (χ1) is 18.6. The number of rotatable bonds is 30. The lowest BCUT2D eigenvalue weighted by Crippen LogP contribution is -2.19. The maximum atomic E-state index is 11.6. The summed E-state index contributed by atoms with van der Waals surface area (Å²) in [6.07, 6.45) is 37.1. The molecule has 0 aromatic carbocycles. The number of allylic oxidation sites excluding steroid dienone is 2. The first-order valence-electron chi connectivity index (χ1n) is 16.3. The Morgan fingerprint density at radius 3 is 1.45 bits per heavy atom. The number of carbonyl (C=O) groups is 2. The van der Waals surface area contributed by atoms with Crippen LogP contribution in [0.2, 0.25) is 0 Å². The van der Waals surface area contributed by atoms with Crippen LogP contribution >= 0.6 is 0 Å². The zero-order chi connectivity index (χ0) is 27.9. The Morgan fingerprint density at radius 1 is 0.658 bits per heavy atom. The molecule has 1 N–H and O–H groups in total. The third-order valence-electron chi connectivity index (χ3n) is 7.44. The van der Waals surface area contributed by atoms with Gasteiger partial charge in [0.05, 0.1) is 12.3 Å². The van der Waals surface area contributed by atoms with Crippen LogP contribution in [0.1, 0.15) is 167 Å². The normalized spacial score (nSPS) is 12.1. The fraction of sp³-hybridized carbons (Fsp3) is 0.824. The van der Waals surface area contributed by atoms with Crippen LogP contribution in [0.5, 0.6) is 0 Å².